The van der Waals surface area contributed by atoms with E-state index in [2.05, 4.69) is 35.0 Å². The molecule has 0 aliphatic carbocycles. The predicted molar refractivity (Wildman–Crippen MR) is 143 cm³/mol. The number of phenols is 2. The van der Waals surface area contributed by atoms with Gasteiger partial charge in [-0.15, -0.1) is 47.0 Å². The molecule has 0 heterocycles. The van der Waals surface area contributed by atoms with Crippen LogP contribution in [0.3, 0.4) is 0 Å². The molecule has 0 bridgehead atoms. The summed E-state index contributed by atoms with van der Waals surface area (Å²) in [7, 11) is 0. The van der Waals surface area contributed by atoms with Crippen LogP contribution in [-0.4, -0.2) is 69.9 Å². The third-order valence-corrected chi connectivity index (χ3v) is 8.90. The minimum absolute atomic E-state index is 0. The number of hydrogen-bond acceptors (Lipinski definition) is 8. The van der Waals surface area contributed by atoms with Gasteiger partial charge in [0.15, 0.2) is 0 Å². The zero-order valence-corrected chi connectivity index (χ0v) is 22.4. The molecule has 0 fully saturated rings. The maximum atomic E-state index is 9.49. The van der Waals surface area contributed by atoms with E-state index in [1.807, 2.05) is 24.3 Å². The standard InChI is InChI=1S/2C11H15NOS2.Co/c2*1-14-11(15-2)8-12-7-9-5-3-4-6-10(9)13;/h2*3-7,11,13H,8H2,1-2H3;. The second kappa shape index (κ2) is 18.8. The third kappa shape index (κ3) is 12.8. The average Bonchev–Trinajstić information content (AvgIpc) is 2.77. The molecule has 2 rings (SSSR count). The molecular formula is C22H30CoN2O2S4. The Bertz CT molecular complexity index is 720. The first-order valence-electron chi connectivity index (χ1n) is 9.22. The molecule has 31 heavy (non-hydrogen) atoms. The van der Waals surface area contributed by atoms with Crippen LogP contribution in [0.15, 0.2) is 58.5 Å². The fourth-order valence-corrected chi connectivity index (χ4v) is 4.64. The Hall–Kier alpha value is -0.714. The van der Waals surface area contributed by atoms with Crippen molar-refractivity contribution < 1.29 is 27.0 Å². The Kier molecular flexibility index (Phi) is 18.4. The van der Waals surface area contributed by atoms with Crippen LogP contribution in [0.5, 0.6) is 11.5 Å². The molecule has 2 N–H and O–H groups in total. The summed E-state index contributed by atoms with van der Waals surface area (Å²) < 4.78 is 0.985. The van der Waals surface area contributed by atoms with E-state index in [9.17, 15) is 10.2 Å². The molecule has 0 amide bonds. The SMILES string of the molecule is CSC(CN=Cc1ccccc1O)SC.CSC(CN=Cc1ccccc1O)SC.[Co]. The molecule has 0 saturated heterocycles. The summed E-state index contributed by atoms with van der Waals surface area (Å²) in [6.07, 6.45) is 11.8. The van der Waals surface area contributed by atoms with E-state index in [1.165, 1.54) is 0 Å². The number of benzene rings is 2. The van der Waals surface area contributed by atoms with Crippen LogP contribution in [0.1, 0.15) is 11.1 Å². The van der Waals surface area contributed by atoms with Crippen molar-refractivity contribution in [3.05, 3.63) is 59.7 Å². The smallest absolute Gasteiger partial charge is 0.124 e. The maximum absolute atomic E-state index is 9.49. The number of nitrogens with zero attached hydrogens (tertiary/aromatic N) is 2. The third-order valence-electron chi connectivity index (χ3n) is 3.89. The fourth-order valence-electron chi connectivity index (χ4n) is 2.16. The molecule has 2 aromatic carbocycles. The van der Waals surface area contributed by atoms with Gasteiger partial charge in [-0.05, 0) is 49.3 Å². The van der Waals surface area contributed by atoms with Crippen LogP contribution < -0.4 is 0 Å². The Labute approximate surface area is 213 Å². The molecule has 173 valence electrons. The summed E-state index contributed by atoms with van der Waals surface area (Å²) >= 11 is 7.18. The molecule has 9 heteroatoms. The summed E-state index contributed by atoms with van der Waals surface area (Å²) in [5.41, 5.74) is 1.55. The van der Waals surface area contributed by atoms with Crippen LogP contribution in [0.25, 0.3) is 0 Å². The Balaban J connectivity index is 0.000000562. The largest absolute Gasteiger partial charge is 0.507 e. The van der Waals surface area contributed by atoms with E-state index in [0.717, 1.165) is 24.2 Å². The molecule has 1 radical (unpaired) electrons. The number of aromatic hydroxyl groups is 2. The van der Waals surface area contributed by atoms with Crippen molar-refractivity contribution in [2.45, 2.75) is 9.16 Å². The first-order chi connectivity index (χ1) is 14.5. The Morgan fingerprint density at radius 1 is 0.677 bits per heavy atom. The van der Waals surface area contributed by atoms with Gasteiger partial charge in [-0.2, -0.15) is 0 Å². The van der Waals surface area contributed by atoms with Crippen LogP contribution in [0.4, 0.5) is 0 Å². The Morgan fingerprint density at radius 3 is 1.29 bits per heavy atom. The number of phenolic OH excluding ortho intramolecular Hbond substituents is 2. The van der Waals surface area contributed by atoms with Crippen molar-refractivity contribution in [3.8, 4) is 11.5 Å². The van der Waals surface area contributed by atoms with Crippen molar-refractivity contribution in [2.75, 3.05) is 38.1 Å². The van der Waals surface area contributed by atoms with Crippen molar-refractivity contribution in [1.82, 2.24) is 0 Å². The number of aliphatic imine (C=N–C) groups is 2. The normalized spacial score (nSPS) is 11.0. The zero-order valence-electron chi connectivity index (χ0n) is 18.1. The van der Waals surface area contributed by atoms with Crippen LogP contribution >= 0.6 is 47.0 Å². The summed E-state index contributed by atoms with van der Waals surface area (Å²) in [6, 6.07) is 14.4. The molecular weight excluding hydrogens is 511 g/mol. The molecule has 0 aliphatic heterocycles. The van der Waals surface area contributed by atoms with Crippen LogP contribution in [0, 0.1) is 0 Å². The van der Waals surface area contributed by atoms with Crippen molar-refractivity contribution in [1.29, 1.82) is 0 Å². The van der Waals surface area contributed by atoms with Gasteiger partial charge in [0.1, 0.15) is 11.5 Å². The first-order valence-corrected chi connectivity index (χ1v) is 14.4. The van der Waals surface area contributed by atoms with Gasteiger partial charge < -0.3 is 10.2 Å². The second-order valence-electron chi connectivity index (χ2n) is 5.91. The van der Waals surface area contributed by atoms with Gasteiger partial charge in [0.05, 0.1) is 22.3 Å². The topological polar surface area (TPSA) is 65.2 Å². The van der Waals surface area contributed by atoms with E-state index < -0.39 is 0 Å². The van der Waals surface area contributed by atoms with Gasteiger partial charge in [0.25, 0.3) is 0 Å². The molecule has 0 atom stereocenters. The van der Waals surface area contributed by atoms with Crippen molar-refractivity contribution >= 4 is 59.5 Å². The van der Waals surface area contributed by atoms with Gasteiger partial charge in [-0.1, -0.05) is 24.3 Å². The van der Waals surface area contributed by atoms with E-state index in [4.69, 9.17) is 0 Å². The van der Waals surface area contributed by atoms with E-state index in [0.29, 0.717) is 9.16 Å². The van der Waals surface area contributed by atoms with E-state index in [-0.39, 0.29) is 28.3 Å². The quantitative estimate of drug-likeness (QED) is 0.296. The molecule has 2 aromatic rings. The fraction of sp³-hybridized carbons (Fsp3) is 0.364. The van der Waals surface area contributed by atoms with Gasteiger partial charge >= 0.3 is 0 Å². The zero-order chi connectivity index (χ0) is 22.2. The maximum Gasteiger partial charge on any atom is 0.124 e. The molecule has 0 spiro atoms. The second-order valence-corrected chi connectivity index (χ2v) is 10.7. The summed E-state index contributed by atoms with van der Waals surface area (Å²) in [4.78, 5) is 8.64. The number of para-hydroxylation sites is 2. The monoisotopic (exact) mass is 541 g/mol. The van der Waals surface area contributed by atoms with E-state index >= 15 is 0 Å². The number of hydrogen-bond donors (Lipinski definition) is 2. The first kappa shape index (κ1) is 30.3. The molecule has 4 nitrogen and oxygen atoms in total. The van der Waals surface area contributed by atoms with Crippen LogP contribution in [0.2, 0.25) is 0 Å². The molecule has 0 aliphatic rings. The Morgan fingerprint density at radius 2 is 1.00 bits per heavy atom. The summed E-state index contributed by atoms with van der Waals surface area (Å²) in [5, 5.41) is 19.0. The number of rotatable bonds is 10. The molecule has 0 saturated carbocycles. The van der Waals surface area contributed by atoms with Crippen LogP contribution in [-0.2, 0) is 16.8 Å². The minimum Gasteiger partial charge on any atom is -0.507 e. The average molecular weight is 542 g/mol. The number of thioether (sulfide) groups is 4. The van der Waals surface area contributed by atoms with E-state index in [1.54, 1.807) is 83.7 Å². The van der Waals surface area contributed by atoms with Gasteiger partial charge in [-0.25, -0.2) is 0 Å². The molecule has 0 aromatic heterocycles. The van der Waals surface area contributed by atoms with Gasteiger partial charge in [-0.3, -0.25) is 9.98 Å². The van der Waals surface area contributed by atoms with Gasteiger partial charge in [0.2, 0.25) is 0 Å². The van der Waals surface area contributed by atoms with Crippen molar-refractivity contribution in [2.24, 2.45) is 9.98 Å². The van der Waals surface area contributed by atoms with Crippen molar-refractivity contribution in [3.63, 3.8) is 0 Å². The summed E-state index contributed by atoms with van der Waals surface area (Å²) in [6.45, 7) is 1.55. The minimum atomic E-state index is 0. The molecule has 0 unspecified atom stereocenters. The summed E-state index contributed by atoms with van der Waals surface area (Å²) in [5.74, 6) is 0.567. The van der Waals surface area contributed by atoms with Gasteiger partial charge in [0, 0.05) is 40.3 Å². The predicted octanol–water partition coefficient (Wildman–Crippen LogP) is 5.72.